The van der Waals surface area contributed by atoms with Crippen molar-refractivity contribution in [1.29, 1.82) is 0 Å². The van der Waals surface area contributed by atoms with E-state index in [0.717, 1.165) is 45.6 Å². The van der Waals surface area contributed by atoms with E-state index in [2.05, 4.69) is 35.4 Å². The van der Waals surface area contributed by atoms with E-state index in [1.165, 1.54) is 5.56 Å². The van der Waals surface area contributed by atoms with Crippen LogP contribution in [0.15, 0.2) is 12.4 Å². The zero-order valence-corrected chi connectivity index (χ0v) is 13.0. The molecule has 1 fully saturated rings. The van der Waals surface area contributed by atoms with Gasteiger partial charge in [-0.2, -0.15) is 5.10 Å². The summed E-state index contributed by atoms with van der Waals surface area (Å²) < 4.78 is 7.86. The van der Waals surface area contributed by atoms with Gasteiger partial charge in [0.1, 0.15) is 0 Å². The molecule has 1 aliphatic rings. The number of morpholine rings is 1. The number of likely N-dealkylation sites (N-methyl/N-ethyl adjacent to an activating group) is 2. The monoisotopic (exact) mass is 280 g/mol. The Morgan fingerprint density at radius 3 is 3.00 bits per heavy atom. The van der Waals surface area contributed by atoms with Crippen molar-refractivity contribution in [2.45, 2.75) is 38.8 Å². The first-order valence-electron chi connectivity index (χ1n) is 7.77. The predicted octanol–water partition coefficient (Wildman–Crippen LogP) is 1.05. The van der Waals surface area contributed by atoms with Crippen molar-refractivity contribution >= 4 is 0 Å². The molecule has 1 aliphatic heterocycles. The molecule has 1 aromatic rings. The van der Waals surface area contributed by atoms with Crippen molar-refractivity contribution < 1.29 is 4.74 Å². The third kappa shape index (κ3) is 4.30. The Morgan fingerprint density at radius 2 is 2.35 bits per heavy atom. The number of hydrogen-bond donors (Lipinski definition) is 1. The van der Waals surface area contributed by atoms with Gasteiger partial charge in [0.05, 0.1) is 18.9 Å². The van der Waals surface area contributed by atoms with Crippen LogP contribution in [0.4, 0.5) is 0 Å². The molecular formula is C15H28N4O. The summed E-state index contributed by atoms with van der Waals surface area (Å²) in [6.07, 6.45) is 6.52. The first-order valence-corrected chi connectivity index (χ1v) is 7.77. The number of nitrogens with one attached hydrogen (secondary N) is 1. The van der Waals surface area contributed by atoms with Crippen LogP contribution in [0, 0.1) is 0 Å². The lowest BCUT2D eigenvalue weighted by Crippen LogP contribution is -2.52. The molecule has 114 valence electrons. The van der Waals surface area contributed by atoms with Crippen molar-refractivity contribution in [3.8, 4) is 0 Å². The smallest absolute Gasteiger partial charge is 0.0855 e. The highest BCUT2D eigenvalue weighted by Crippen LogP contribution is 2.14. The van der Waals surface area contributed by atoms with Crippen LogP contribution >= 0.6 is 0 Å². The van der Waals surface area contributed by atoms with Crippen LogP contribution in [-0.4, -0.2) is 59.6 Å². The number of nitrogens with zero attached hydrogens (tertiary/aromatic N) is 3. The van der Waals surface area contributed by atoms with Gasteiger partial charge in [-0.3, -0.25) is 9.58 Å². The molecule has 5 heteroatoms. The number of hydrogen-bond acceptors (Lipinski definition) is 4. The van der Waals surface area contributed by atoms with Crippen molar-refractivity contribution in [2.75, 3.05) is 32.8 Å². The zero-order chi connectivity index (χ0) is 14.4. The third-order valence-electron chi connectivity index (χ3n) is 4.04. The molecule has 1 saturated heterocycles. The van der Waals surface area contributed by atoms with E-state index < -0.39 is 0 Å². The highest BCUT2D eigenvalue weighted by Gasteiger charge is 2.26. The highest BCUT2D eigenvalue weighted by atomic mass is 16.5. The van der Waals surface area contributed by atoms with E-state index in [9.17, 15) is 0 Å². The molecule has 1 aromatic heterocycles. The zero-order valence-electron chi connectivity index (χ0n) is 13.0. The summed E-state index contributed by atoms with van der Waals surface area (Å²) >= 11 is 0. The summed E-state index contributed by atoms with van der Waals surface area (Å²) in [7, 11) is 1.97. The summed E-state index contributed by atoms with van der Waals surface area (Å²) in [5.74, 6) is 0. The Kier molecular flexibility index (Phi) is 6.01. The minimum Gasteiger partial charge on any atom is -0.374 e. The van der Waals surface area contributed by atoms with Crippen LogP contribution in [0.3, 0.4) is 0 Å². The normalized spacial score (nSPS) is 22.1. The number of aryl methyl sites for hydroxylation is 2. The highest BCUT2D eigenvalue weighted by molar-refractivity contribution is 5.04. The second-order valence-corrected chi connectivity index (χ2v) is 5.53. The standard InChI is InChI=1S/C15H28N4O/c1-4-16-14(7-6-13-10-17-18(3)11-13)15-12-19(5-2)8-9-20-15/h10-11,14-16H,4-9,12H2,1-3H3. The van der Waals surface area contributed by atoms with E-state index in [1.807, 2.05) is 17.9 Å². The molecule has 0 aromatic carbocycles. The van der Waals surface area contributed by atoms with E-state index in [4.69, 9.17) is 4.74 Å². The molecular weight excluding hydrogens is 252 g/mol. The minimum atomic E-state index is 0.306. The molecule has 5 nitrogen and oxygen atoms in total. The Labute approximate surface area is 122 Å². The lowest BCUT2D eigenvalue weighted by Gasteiger charge is -2.37. The summed E-state index contributed by atoms with van der Waals surface area (Å²) in [5, 5.41) is 7.83. The molecule has 0 spiro atoms. The average Bonchev–Trinajstić information content (AvgIpc) is 2.89. The maximum Gasteiger partial charge on any atom is 0.0855 e. The SMILES string of the molecule is CCNC(CCc1cnn(C)c1)C1CN(CC)CCO1. The topological polar surface area (TPSA) is 42.3 Å². The Bertz CT molecular complexity index is 393. The van der Waals surface area contributed by atoms with Crippen LogP contribution in [0.1, 0.15) is 25.8 Å². The summed E-state index contributed by atoms with van der Waals surface area (Å²) in [4.78, 5) is 2.47. The van der Waals surface area contributed by atoms with Crippen LogP contribution in [-0.2, 0) is 18.2 Å². The van der Waals surface area contributed by atoms with Crippen molar-refractivity contribution in [1.82, 2.24) is 20.0 Å². The fraction of sp³-hybridized carbons (Fsp3) is 0.800. The maximum atomic E-state index is 5.99. The van der Waals surface area contributed by atoms with Gasteiger partial charge in [0.15, 0.2) is 0 Å². The molecule has 0 saturated carbocycles. The number of ether oxygens (including phenoxy) is 1. The van der Waals surface area contributed by atoms with Crippen molar-refractivity contribution in [2.24, 2.45) is 7.05 Å². The van der Waals surface area contributed by atoms with Gasteiger partial charge in [-0.15, -0.1) is 0 Å². The molecule has 2 heterocycles. The molecule has 2 unspecified atom stereocenters. The van der Waals surface area contributed by atoms with E-state index in [0.29, 0.717) is 12.1 Å². The van der Waals surface area contributed by atoms with Crippen LogP contribution < -0.4 is 5.32 Å². The molecule has 0 amide bonds. The molecule has 0 bridgehead atoms. The molecule has 2 rings (SSSR count). The van der Waals surface area contributed by atoms with Crippen LogP contribution in [0.25, 0.3) is 0 Å². The molecule has 0 radical (unpaired) electrons. The molecule has 2 atom stereocenters. The summed E-state index contributed by atoms with van der Waals surface area (Å²) in [6.45, 7) is 9.45. The molecule has 0 aliphatic carbocycles. The number of rotatable bonds is 7. The van der Waals surface area contributed by atoms with Gasteiger partial charge in [-0.1, -0.05) is 13.8 Å². The van der Waals surface area contributed by atoms with E-state index in [1.54, 1.807) is 0 Å². The quantitative estimate of drug-likeness (QED) is 0.811. The van der Waals surface area contributed by atoms with Gasteiger partial charge in [-0.25, -0.2) is 0 Å². The minimum absolute atomic E-state index is 0.306. The second kappa shape index (κ2) is 7.76. The summed E-state index contributed by atoms with van der Waals surface area (Å²) in [6, 6.07) is 0.426. The molecule has 1 N–H and O–H groups in total. The predicted molar refractivity (Wildman–Crippen MR) is 80.8 cm³/mol. The Morgan fingerprint density at radius 1 is 1.50 bits per heavy atom. The number of aromatic nitrogens is 2. The van der Waals surface area contributed by atoms with Gasteiger partial charge in [-0.05, 0) is 31.5 Å². The van der Waals surface area contributed by atoms with Gasteiger partial charge in [0.2, 0.25) is 0 Å². The van der Waals surface area contributed by atoms with Gasteiger partial charge in [0, 0.05) is 32.4 Å². The van der Waals surface area contributed by atoms with E-state index >= 15 is 0 Å². The van der Waals surface area contributed by atoms with E-state index in [-0.39, 0.29) is 0 Å². The first-order chi connectivity index (χ1) is 9.72. The van der Waals surface area contributed by atoms with Crippen LogP contribution in [0.5, 0.6) is 0 Å². The van der Waals surface area contributed by atoms with Gasteiger partial charge >= 0.3 is 0 Å². The van der Waals surface area contributed by atoms with Crippen molar-refractivity contribution in [3.63, 3.8) is 0 Å². The van der Waals surface area contributed by atoms with Gasteiger partial charge < -0.3 is 10.1 Å². The molecule has 20 heavy (non-hydrogen) atoms. The Balaban J connectivity index is 1.88. The first kappa shape index (κ1) is 15.5. The largest absolute Gasteiger partial charge is 0.374 e. The van der Waals surface area contributed by atoms with Gasteiger partial charge in [0.25, 0.3) is 0 Å². The fourth-order valence-electron chi connectivity index (χ4n) is 2.87. The lowest BCUT2D eigenvalue weighted by molar-refractivity contribution is -0.0458. The summed E-state index contributed by atoms with van der Waals surface area (Å²) in [5.41, 5.74) is 1.30. The maximum absolute atomic E-state index is 5.99. The average molecular weight is 280 g/mol. The Hall–Kier alpha value is -0.910. The van der Waals surface area contributed by atoms with Crippen molar-refractivity contribution in [3.05, 3.63) is 18.0 Å². The fourth-order valence-corrected chi connectivity index (χ4v) is 2.87. The lowest BCUT2D eigenvalue weighted by atomic mass is 10.0. The van der Waals surface area contributed by atoms with Crippen LogP contribution in [0.2, 0.25) is 0 Å². The second-order valence-electron chi connectivity index (χ2n) is 5.53. The third-order valence-corrected chi connectivity index (χ3v) is 4.04.